The Hall–Kier alpha value is -1.53. The Balaban J connectivity index is 2.11. The number of benzene rings is 1. The summed E-state index contributed by atoms with van der Waals surface area (Å²) in [6, 6.07) is 3.48. The van der Waals surface area contributed by atoms with Gasteiger partial charge in [-0.15, -0.1) is 0 Å². The quantitative estimate of drug-likeness (QED) is 0.479. The van der Waals surface area contributed by atoms with Crippen molar-refractivity contribution in [2.75, 3.05) is 5.32 Å². The summed E-state index contributed by atoms with van der Waals surface area (Å²) < 4.78 is 40.0. The van der Waals surface area contributed by atoms with Crippen LogP contribution in [-0.2, 0) is 6.18 Å². The molecule has 0 amide bonds. The molecule has 8 heteroatoms. The lowest BCUT2D eigenvalue weighted by atomic mass is 10.1. The average Bonchev–Trinajstić information content (AvgIpc) is 2.52. The number of aryl methyl sites for hydroxylation is 1. The van der Waals surface area contributed by atoms with E-state index < -0.39 is 11.7 Å². The van der Waals surface area contributed by atoms with Crippen LogP contribution in [0.25, 0.3) is 0 Å². The smallest absolute Gasteiger partial charge is 0.366 e. The molecule has 25 heavy (non-hydrogen) atoms. The first-order chi connectivity index (χ1) is 11.7. The maximum atomic E-state index is 13.0. The van der Waals surface area contributed by atoms with Gasteiger partial charge in [0.25, 0.3) is 0 Å². The normalized spacial score (nSPS) is 12.3. The SMILES string of the molecule is Cc1ncnc(NC(C)CC#Cc2ccc(Cl)cc2C(F)(F)F)c1I. The predicted molar refractivity (Wildman–Crippen MR) is 101 cm³/mol. The topological polar surface area (TPSA) is 37.8 Å². The van der Waals surface area contributed by atoms with Crippen molar-refractivity contribution >= 4 is 40.0 Å². The molecule has 0 aliphatic heterocycles. The lowest BCUT2D eigenvalue weighted by Gasteiger charge is -2.13. The van der Waals surface area contributed by atoms with Crippen molar-refractivity contribution in [2.45, 2.75) is 32.5 Å². The van der Waals surface area contributed by atoms with Crippen molar-refractivity contribution in [3.63, 3.8) is 0 Å². The Morgan fingerprint density at radius 3 is 2.72 bits per heavy atom. The van der Waals surface area contributed by atoms with Crippen LogP contribution in [0, 0.1) is 22.3 Å². The summed E-state index contributed by atoms with van der Waals surface area (Å²) in [4.78, 5) is 8.24. The molecule has 1 atom stereocenters. The van der Waals surface area contributed by atoms with Gasteiger partial charge in [0.05, 0.1) is 14.8 Å². The number of aromatic nitrogens is 2. The maximum absolute atomic E-state index is 13.0. The summed E-state index contributed by atoms with van der Waals surface area (Å²) in [6.45, 7) is 3.76. The highest BCUT2D eigenvalue weighted by Gasteiger charge is 2.33. The van der Waals surface area contributed by atoms with Crippen molar-refractivity contribution < 1.29 is 13.2 Å². The molecule has 1 aromatic carbocycles. The number of halogens is 5. The molecule has 3 nitrogen and oxygen atoms in total. The number of alkyl halides is 3. The second-order valence-corrected chi connectivity index (χ2v) is 6.88. The van der Waals surface area contributed by atoms with E-state index in [1.165, 1.54) is 18.5 Å². The number of rotatable bonds is 3. The molecule has 132 valence electrons. The Labute approximate surface area is 162 Å². The number of hydrogen-bond acceptors (Lipinski definition) is 3. The Bertz CT molecular complexity index is 828. The van der Waals surface area contributed by atoms with Crippen LogP contribution in [0.15, 0.2) is 24.5 Å². The molecule has 0 saturated carbocycles. The lowest BCUT2D eigenvalue weighted by Crippen LogP contribution is -2.16. The molecular formula is C17H14ClF3IN3. The monoisotopic (exact) mass is 479 g/mol. The van der Waals surface area contributed by atoms with Crippen molar-refractivity contribution in [2.24, 2.45) is 0 Å². The zero-order valence-corrected chi connectivity index (χ0v) is 16.3. The van der Waals surface area contributed by atoms with Crippen molar-refractivity contribution in [1.82, 2.24) is 9.97 Å². The third kappa shape index (κ3) is 5.47. The van der Waals surface area contributed by atoms with Gasteiger partial charge in [-0.2, -0.15) is 13.2 Å². The number of anilines is 1. The van der Waals surface area contributed by atoms with Gasteiger partial charge in [0.1, 0.15) is 12.1 Å². The van der Waals surface area contributed by atoms with Gasteiger partial charge in [-0.25, -0.2) is 9.97 Å². The molecule has 0 aliphatic carbocycles. The summed E-state index contributed by atoms with van der Waals surface area (Å²) in [5, 5.41) is 3.22. The summed E-state index contributed by atoms with van der Waals surface area (Å²) in [5.41, 5.74) is -0.0574. The molecule has 0 fully saturated rings. The van der Waals surface area contributed by atoms with E-state index in [1.807, 2.05) is 13.8 Å². The van der Waals surface area contributed by atoms with Crippen molar-refractivity contribution in [1.29, 1.82) is 0 Å². The minimum atomic E-state index is -4.49. The summed E-state index contributed by atoms with van der Waals surface area (Å²) >= 11 is 7.79. The minimum Gasteiger partial charge on any atom is -0.366 e. The highest BCUT2D eigenvalue weighted by Crippen LogP contribution is 2.33. The molecule has 1 unspecified atom stereocenters. The van der Waals surface area contributed by atoms with E-state index in [2.05, 4.69) is 49.7 Å². The van der Waals surface area contributed by atoms with E-state index in [4.69, 9.17) is 11.6 Å². The molecular weight excluding hydrogens is 466 g/mol. The number of nitrogens with one attached hydrogen (secondary N) is 1. The van der Waals surface area contributed by atoms with Gasteiger partial charge < -0.3 is 5.32 Å². The summed E-state index contributed by atoms with van der Waals surface area (Å²) in [5.74, 6) is 6.06. The van der Waals surface area contributed by atoms with Crippen LogP contribution in [0.4, 0.5) is 19.0 Å². The largest absolute Gasteiger partial charge is 0.417 e. The third-order valence-electron chi connectivity index (χ3n) is 3.27. The van der Waals surface area contributed by atoms with Crippen LogP contribution in [0.5, 0.6) is 0 Å². The Morgan fingerprint density at radius 1 is 1.32 bits per heavy atom. The lowest BCUT2D eigenvalue weighted by molar-refractivity contribution is -0.137. The highest BCUT2D eigenvalue weighted by molar-refractivity contribution is 14.1. The molecule has 1 aromatic heterocycles. The van der Waals surface area contributed by atoms with Crippen LogP contribution >= 0.6 is 34.2 Å². The van der Waals surface area contributed by atoms with Gasteiger partial charge >= 0.3 is 6.18 Å². The van der Waals surface area contributed by atoms with Gasteiger partial charge in [0, 0.05) is 23.0 Å². The molecule has 1 N–H and O–H groups in total. The molecule has 2 aromatic rings. The first kappa shape index (κ1) is 19.8. The van der Waals surface area contributed by atoms with E-state index in [9.17, 15) is 13.2 Å². The zero-order chi connectivity index (χ0) is 18.6. The van der Waals surface area contributed by atoms with Gasteiger partial charge in [0.2, 0.25) is 0 Å². The second-order valence-electron chi connectivity index (χ2n) is 5.36. The third-order valence-corrected chi connectivity index (χ3v) is 4.79. The van der Waals surface area contributed by atoms with Crippen LogP contribution in [-0.4, -0.2) is 16.0 Å². The Morgan fingerprint density at radius 2 is 2.04 bits per heavy atom. The molecule has 0 bridgehead atoms. The van der Waals surface area contributed by atoms with E-state index >= 15 is 0 Å². The maximum Gasteiger partial charge on any atom is 0.417 e. The fourth-order valence-electron chi connectivity index (χ4n) is 2.00. The second kappa shape index (κ2) is 8.23. The molecule has 0 spiro atoms. The standard InChI is InChI=1S/C17H14ClF3IN3/c1-10(25-16-15(22)11(2)23-9-24-16)4-3-5-12-6-7-13(18)8-14(12)17(19,20)21/h6-10H,4H2,1-2H3,(H,23,24,25). The summed E-state index contributed by atoms with van der Waals surface area (Å²) in [7, 11) is 0. The van der Waals surface area contributed by atoms with Crippen LogP contribution < -0.4 is 5.32 Å². The van der Waals surface area contributed by atoms with Gasteiger partial charge in [-0.1, -0.05) is 23.4 Å². The highest BCUT2D eigenvalue weighted by atomic mass is 127. The molecule has 1 heterocycles. The van der Waals surface area contributed by atoms with Gasteiger partial charge in [0.15, 0.2) is 0 Å². The first-order valence-electron chi connectivity index (χ1n) is 7.27. The number of nitrogens with zero attached hydrogens (tertiary/aromatic N) is 2. The summed E-state index contributed by atoms with van der Waals surface area (Å²) in [6.07, 6.45) is -2.67. The molecule has 0 saturated heterocycles. The van der Waals surface area contributed by atoms with Crippen LogP contribution in [0.3, 0.4) is 0 Å². The molecule has 0 aliphatic rings. The minimum absolute atomic E-state index is 0.0293. The van der Waals surface area contributed by atoms with E-state index in [1.54, 1.807) is 0 Å². The van der Waals surface area contributed by atoms with Crippen molar-refractivity contribution in [3.05, 3.63) is 49.9 Å². The van der Waals surface area contributed by atoms with E-state index in [0.717, 1.165) is 15.3 Å². The predicted octanol–water partition coefficient (Wildman–Crippen LogP) is 5.30. The average molecular weight is 480 g/mol. The Kier molecular flexibility index (Phi) is 6.52. The number of hydrogen-bond donors (Lipinski definition) is 1. The van der Waals surface area contributed by atoms with Gasteiger partial charge in [-0.05, 0) is 54.6 Å². The molecule has 0 radical (unpaired) electrons. The van der Waals surface area contributed by atoms with E-state index in [-0.39, 0.29) is 16.6 Å². The zero-order valence-electron chi connectivity index (χ0n) is 13.4. The van der Waals surface area contributed by atoms with E-state index in [0.29, 0.717) is 12.2 Å². The fraction of sp³-hybridized carbons (Fsp3) is 0.294. The van der Waals surface area contributed by atoms with Crippen LogP contribution in [0.1, 0.15) is 30.2 Å². The fourth-order valence-corrected chi connectivity index (χ4v) is 2.61. The van der Waals surface area contributed by atoms with Gasteiger partial charge in [-0.3, -0.25) is 0 Å². The first-order valence-corrected chi connectivity index (χ1v) is 8.73. The molecule has 2 rings (SSSR count). The van der Waals surface area contributed by atoms with Crippen LogP contribution in [0.2, 0.25) is 5.02 Å². The van der Waals surface area contributed by atoms with Crippen molar-refractivity contribution in [3.8, 4) is 11.8 Å².